The Morgan fingerprint density at radius 2 is 2.25 bits per heavy atom. The number of imidazole rings is 1. The highest BCUT2D eigenvalue weighted by atomic mass is 32.1. The Balaban J connectivity index is 1.74. The van der Waals surface area contributed by atoms with E-state index in [2.05, 4.69) is 36.9 Å². The summed E-state index contributed by atoms with van der Waals surface area (Å²) in [7, 11) is 0. The molecular formula is C16H18N6OS. The van der Waals surface area contributed by atoms with Gasteiger partial charge >= 0.3 is 0 Å². The van der Waals surface area contributed by atoms with E-state index in [-0.39, 0.29) is 11.8 Å². The van der Waals surface area contributed by atoms with Crippen LogP contribution >= 0.6 is 11.3 Å². The van der Waals surface area contributed by atoms with E-state index in [9.17, 15) is 4.79 Å². The minimum absolute atomic E-state index is 0.0233. The van der Waals surface area contributed by atoms with Crippen molar-refractivity contribution in [2.24, 2.45) is 0 Å². The summed E-state index contributed by atoms with van der Waals surface area (Å²) in [6.45, 7) is 3.41. The molecule has 24 heavy (non-hydrogen) atoms. The summed E-state index contributed by atoms with van der Waals surface area (Å²) < 4.78 is 2.08. The van der Waals surface area contributed by atoms with Crippen molar-refractivity contribution in [1.29, 1.82) is 0 Å². The number of anilines is 1. The van der Waals surface area contributed by atoms with Crippen LogP contribution in [0.15, 0.2) is 24.0 Å². The maximum absolute atomic E-state index is 12.1. The van der Waals surface area contributed by atoms with Gasteiger partial charge in [-0.05, 0) is 12.0 Å². The average molecular weight is 342 g/mol. The standard InChI is InChI=1S/C16H18N6OS/c1-2-3-17-15-19-7-10(8-20-15)11-6-13(23)18-9-12-14(11)22-4-5-24-16(22)21-12/h4-5,7-8,11H,2-3,6,9H2,1H3,(H,18,23)(H,17,19,20)/t11-/m1/s1. The number of carbonyl (C=O) groups excluding carboxylic acids is 1. The lowest BCUT2D eigenvalue weighted by Crippen LogP contribution is -2.21. The Morgan fingerprint density at radius 3 is 3.04 bits per heavy atom. The molecule has 1 amide bonds. The molecule has 4 heterocycles. The third kappa shape index (κ3) is 2.62. The van der Waals surface area contributed by atoms with Gasteiger partial charge in [-0.1, -0.05) is 6.92 Å². The van der Waals surface area contributed by atoms with Gasteiger partial charge in [0.25, 0.3) is 0 Å². The zero-order valence-corrected chi connectivity index (χ0v) is 14.1. The van der Waals surface area contributed by atoms with Crippen LogP contribution in [0.5, 0.6) is 0 Å². The first kappa shape index (κ1) is 15.1. The maximum atomic E-state index is 12.1. The largest absolute Gasteiger partial charge is 0.354 e. The molecule has 0 saturated carbocycles. The van der Waals surface area contributed by atoms with Crippen LogP contribution in [0.2, 0.25) is 0 Å². The van der Waals surface area contributed by atoms with Gasteiger partial charge in [0.05, 0.1) is 17.9 Å². The molecule has 0 saturated heterocycles. The smallest absolute Gasteiger partial charge is 0.222 e. The molecule has 0 aliphatic carbocycles. The monoisotopic (exact) mass is 342 g/mol. The fourth-order valence-electron chi connectivity index (χ4n) is 3.01. The van der Waals surface area contributed by atoms with Crippen molar-refractivity contribution in [1.82, 2.24) is 24.7 Å². The molecule has 8 heteroatoms. The number of nitrogens with one attached hydrogen (secondary N) is 2. The van der Waals surface area contributed by atoms with Gasteiger partial charge in [-0.2, -0.15) is 0 Å². The summed E-state index contributed by atoms with van der Waals surface area (Å²) in [4.78, 5) is 26.5. The summed E-state index contributed by atoms with van der Waals surface area (Å²) in [5.41, 5.74) is 2.91. The highest BCUT2D eigenvalue weighted by Crippen LogP contribution is 2.33. The summed E-state index contributed by atoms with van der Waals surface area (Å²) in [5, 5.41) is 8.10. The van der Waals surface area contributed by atoms with Crippen molar-refractivity contribution in [2.45, 2.75) is 32.2 Å². The predicted molar refractivity (Wildman–Crippen MR) is 92.2 cm³/mol. The molecule has 124 valence electrons. The summed E-state index contributed by atoms with van der Waals surface area (Å²) in [5.74, 6) is 0.551. The van der Waals surface area contributed by atoms with Gasteiger partial charge in [0.1, 0.15) is 0 Å². The number of hydrogen-bond acceptors (Lipinski definition) is 6. The quantitative estimate of drug-likeness (QED) is 0.759. The number of rotatable bonds is 4. The lowest BCUT2D eigenvalue weighted by atomic mass is 9.94. The van der Waals surface area contributed by atoms with E-state index in [0.717, 1.165) is 34.9 Å². The van der Waals surface area contributed by atoms with E-state index >= 15 is 0 Å². The van der Waals surface area contributed by atoms with Gasteiger partial charge in [0.2, 0.25) is 11.9 Å². The second-order valence-corrected chi connectivity index (χ2v) is 6.67. The van der Waals surface area contributed by atoms with Crippen molar-refractivity contribution in [3.05, 3.63) is 40.9 Å². The number of carbonyl (C=O) groups is 1. The molecule has 3 aromatic rings. The topological polar surface area (TPSA) is 84.2 Å². The fraction of sp³-hybridized carbons (Fsp3) is 0.375. The second kappa shape index (κ2) is 6.20. The van der Waals surface area contributed by atoms with Crippen LogP contribution in [0.3, 0.4) is 0 Å². The van der Waals surface area contributed by atoms with E-state index in [1.807, 2.05) is 24.0 Å². The molecule has 2 N–H and O–H groups in total. The van der Waals surface area contributed by atoms with Crippen LogP contribution in [0.4, 0.5) is 5.95 Å². The lowest BCUT2D eigenvalue weighted by Gasteiger charge is -2.14. The Hall–Kier alpha value is -2.48. The van der Waals surface area contributed by atoms with Gasteiger partial charge in [0, 0.05) is 42.9 Å². The lowest BCUT2D eigenvalue weighted by molar-refractivity contribution is -0.121. The van der Waals surface area contributed by atoms with Crippen LogP contribution in [0.25, 0.3) is 4.96 Å². The van der Waals surface area contributed by atoms with Gasteiger partial charge in [-0.3, -0.25) is 9.20 Å². The molecule has 1 aliphatic rings. The number of aromatic nitrogens is 4. The van der Waals surface area contributed by atoms with Crippen LogP contribution in [0, 0.1) is 0 Å². The minimum atomic E-state index is -0.0904. The first-order valence-electron chi connectivity index (χ1n) is 8.03. The molecule has 0 aromatic carbocycles. The Kier molecular flexibility index (Phi) is 3.89. The van der Waals surface area contributed by atoms with Crippen molar-refractivity contribution >= 4 is 28.2 Å². The van der Waals surface area contributed by atoms with Crippen molar-refractivity contribution in [2.75, 3.05) is 11.9 Å². The Morgan fingerprint density at radius 1 is 1.42 bits per heavy atom. The van der Waals surface area contributed by atoms with Gasteiger partial charge in [-0.25, -0.2) is 15.0 Å². The normalized spacial score (nSPS) is 17.4. The number of nitrogens with zero attached hydrogens (tertiary/aromatic N) is 4. The number of hydrogen-bond donors (Lipinski definition) is 2. The third-order valence-corrected chi connectivity index (χ3v) is 4.91. The van der Waals surface area contributed by atoms with Crippen LogP contribution < -0.4 is 10.6 Å². The first-order chi connectivity index (χ1) is 11.8. The first-order valence-corrected chi connectivity index (χ1v) is 8.91. The minimum Gasteiger partial charge on any atom is -0.354 e. The maximum Gasteiger partial charge on any atom is 0.222 e. The van der Waals surface area contributed by atoms with Gasteiger partial charge < -0.3 is 10.6 Å². The van der Waals surface area contributed by atoms with Gasteiger partial charge in [-0.15, -0.1) is 11.3 Å². The molecule has 1 aliphatic heterocycles. The van der Waals surface area contributed by atoms with E-state index in [4.69, 9.17) is 0 Å². The van der Waals surface area contributed by atoms with E-state index in [0.29, 0.717) is 18.9 Å². The van der Waals surface area contributed by atoms with E-state index in [1.165, 1.54) is 0 Å². The SMILES string of the molecule is CCCNc1ncc([C@H]2CC(=O)NCc3nc4sccn4c32)cn1. The highest BCUT2D eigenvalue weighted by molar-refractivity contribution is 7.15. The zero-order chi connectivity index (χ0) is 16.5. The molecule has 0 radical (unpaired) electrons. The number of amides is 1. The summed E-state index contributed by atoms with van der Waals surface area (Å²) >= 11 is 1.60. The van der Waals surface area contributed by atoms with E-state index in [1.54, 1.807) is 11.3 Å². The van der Waals surface area contributed by atoms with Gasteiger partial charge in [0.15, 0.2) is 4.96 Å². The Labute approximate surface area is 143 Å². The average Bonchev–Trinajstić information content (AvgIpc) is 3.13. The second-order valence-electron chi connectivity index (χ2n) is 5.80. The van der Waals surface area contributed by atoms with Crippen molar-refractivity contribution < 1.29 is 4.79 Å². The zero-order valence-electron chi connectivity index (χ0n) is 13.3. The molecule has 0 unspecified atom stereocenters. The van der Waals surface area contributed by atoms with Crippen molar-refractivity contribution in [3.8, 4) is 0 Å². The Bertz CT molecular complexity index is 868. The molecule has 0 bridgehead atoms. The number of fused-ring (bicyclic) bond motifs is 3. The number of thiazole rings is 1. The molecule has 7 nitrogen and oxygen atoms in total. The molecular weight excluding hydrogens is 324 g/mol. The fourth-order valence-corrected chi connectivity index (χ4v) is 3.75. The third-order valence-electron chi connectivity index (χ3n) is 4.16. The summed E-state index contributed by atoms with van der Waals surface area (Å²) in [6.07, 6.45) is 7.02. The molecule has 0 spiro atoms. The predicted octanol–water partition coefficient (Wildman–Crippen LogP) is 2.16. The highest BCUT2D eigenvalue weighted by Gasteiger charge is 2.29. The molecule has 3 aromatic heterocycles. The van der Waals surface area contributed by atoms with Crippen LogP contribution in [-0.4, -0.2) is 31.8 Å². The summed E-state index contributed by atoms with van der Waals surface area (Å²) in [6, 6.07) is 0. The molecule has 1 atom stereocenters. The van der Waals surface area contributed by atoms with E-state index < -0.39 is 0 Å². The van der Waals surface area contributed by atoms with Crippen LogP contribution in [0.1, 0.15) is 42.6 Å². The van der Waals surface area contributed by atoms with Crippen molar-refractivity contribution in [3.63, 3.8) is 0 Å². The molecule has 0 fully saturated rings. The van der Waals surface area contributed by atoms with Crippen LogP contribution in [-0.2, 0) is 11.3 Å². The molecule has 4 rings (SSSR count).